The number of nitrogen functional groups attached to an aromatic ring is 1. The standard InChI is InChI=1S/C13H11N3OS/c1-17-10-5-4-9(8-14)12(7-10)18-13-11(15)3-2-6-16-13/h2-7H,15H2,1H3. The van der Waals surface area contributed by atoms with Gasteiger partial charge in [0, 0.05) is 11.1 Å². The van der Waals surface area contributed by atoms with Crippen LogP contribution in [0.1, 0.15) is 5.56 Å². The van der Waals surface area contributed by atoms with Crippen LogP contribution < -0.4 is 10.5 Å². The molecule has 90 valence electrons. The summed E-state index contributed by atoms with van der Waals surface area (Å²) in [4.78, 5) is 4.97. The molecule has 1 aromatic carbocycles. The smallest absolute Gasteiger partial charge is 0.124 e. The highest BCUT2D eigenvalue weighted by Gasteiger charge is 2.09. The molecule has 0 atom stereocenters. The second-order valence-electron chi connectivity index (χ2n) is 3.47. The number of hydrogen-bond acceptors (Lipinski definition) is 5. The minimum Gasteiger partial charge on any atom is -0.497 e. The van der Waals surface area contributed by atoms with Gasteiger partial charge in [-0.2, -0.15) is 5.26 Å². The molecular weight excluding hydrogens is 246 g/mol. The van der Waals surface area contributed by atoms with Crippen LogP contribution in [0.25, 0.3) is 0 Å². The zero-order valence-corrected chi connectivity index (χ0v) is 10.6. The van der Waals surface area contributed by atoms with Crippen LogP contribution in [0.3, 0.4) is 0 Å². The lowest BCUT2D eigenvalue weighted by Gasteiger charge is -2.07. The summed E-state index contributed by atoms with van der Waals surface area (Å²) in [6.45, 7) is 0. The number of anilines is 1. The molecule has 0 saturated carbocycles. The van der Waals surface area contributed by atoms with Gasteiger partial charge in [-0.1, -0.05) is 11.8 Å². The van der Waals surface area contributed by atoms with Crippen molar-refractivity contribution < 1.29 is 4.74 Å². The minimum atomic E-state index is 0.575. The normalized spacial score (nSPS) is 9.78. The summed E-state index contributed by atoms with van der Waals surface area (Å²) in [5.41, 5.74) is 7.00. The van der Waals surface area contributed by atoms with Crippen molar-refractivity contribution in [1.29, 1.82) is 5.26 Å². The van der Waals surface area contributed by atoms with Gasteiger partial charge in [0.1, 0.15) is 16.8 Å². The first-order chi connectivity index (χ1) is 8.74. The minimum absolute atomic E-state index is 0.575. The van der Waals surface area contributed by atoms with Crippen molar-refractivity contribution in [2.24, 2.45) is 0 Å². The van der Waals surface area contributed by atoms with Crippen molar-refractivity contribution in [3.63, 3.8) is 0 Å². The van der Waals surface area contributed by atoms with Crippen LogP contribution in [0, 0.1) is 11.3 Å². The van der Waals surface area contributed by atoms with Crippen LogP contribution in [0.5, 0.6) is 5.75 Å². The average Bonchev–Trinajstić information content (AvgIpc) is 2.41. The van der Waals surface area contributed by atoms with E-state index in [1.807, 2.05) is 0 Å². The maximum Gasteiger partial charge on any atom is 0.124 e. The zero-order valence-electron chi connectivity index (χ0n) is 9.75. The van der Waals surface area contributed by atoms with E-state index in [1.165, 1.54) is 11.8 Å². The van der Waals surface area contributed by atoms with E-state index < -0.39 is 0 Å². The molecule has 0 unspecified atom stereocenters. The van der Waals surface area contributed by atoms with Gasteiger partial charge in [0.2, 0.25) is 0 Å². The molecule has 0 spiro atoms. The third-order valence-electron chi connectivity index (χ3n) is 2.32. The van der Waals surface area contributed by atoms with E-state index in [9.17, 15) is 0 Å². The zero-order chi connectivity index (χ0) is 13.0. The number of nitriles is 1. The number of rotatable bonds is 3. The van der Waals surface area contributed by atoms with Gasteiger partial charge in [-0.15, -0.1) is 0 Å². The van der Waals surface area contributed by atoms with E-state index in [4.69, 9.17) is 15.7 Å². The van der Waals surface area contributed by atoms with E-state index >= 15 is 0 Å². The van der Waals surface area contributed by atoms with Gasteiger partial charge in [-0.25, -0.2) is 4.98 Å². The lowest BCUT2D eigenvalue weighted by atomic mass is 10.2. The van der Waals surface area contributed by atoms with Crippen LogP contribution in [-0.4, -0.2) is 12.1 Å². The molecule has 2 N–H and O–H groups in total. The molecule has 5 heteroatoms. The van der Waals surface area contributed by atoms with Gasteiger partial charge in [0.15, 0.2) is 0 Å². The fourth-order valence-corrected chi connectivity index (χ4v) is 2.31. The molecule has 0 aliphatic rings. The highest BCUT2D eigenvalue weighted by molar-refractivity contribution is 7.99. The Bertz CT molecular complexity index is 607. The highest BCUT2D eigenvalue weighted by atomic mass is 32.2. The maximum absolute atomic E-state index is 9.07. The van der Waals surface area contributed by atoms with Crippen molar-refractivity contribution in [1.82, 2.24) is 4.98 Å². The van der Waals surface area contributed by atoms with E-state index in [2.05, 4.69) is 11.1 Å². The molecule has 0 fully saturated rings. The molecule has 0 aliphatic carbocycles. The number of benzene rings is 1. The number of nitrogens with two attached hydrogens (primary N) is 1. The lowest BCUT2D eigenvalue weighted by molar-refractivity contribution is 0.413. The number of pyridine rings is 1. The predicted octanol–water partition coefficient (Wildman–Crippen LogP) is 2.70. The molecule has 0 amide bonds. The van der Waals surface area contributed by atoms with Crippen molar-refractivity contribution in [2.75, 3.05) is 12.8 Å². The third kappa shape index (κ3) is 2.55. The summed E-state index contributed by atoms with van der Waals surface area (Å²) >= 11 is 1.36. The van der Waals surface area contributed by atoms with E-state index in [0.29, 0.717) is 22.0 Å². The highest BCUT2D eigenvalue weighted by Crippen LogP contribution is 2.34. The number of methoxy groups -OCH3 is 1. The molecule has 1 heterocycles. The average molecular weight is 257 g/mol. The summed E-state index contributed by atoms with van der Waals surface area (Å²) in [5, 5.41) is 9.76. The van der Waals surface area contributed by atoms with Gasteiger partial charge in [0.05, 0.1) is 18.4 Å². The summed E-state index contributed by atoms with van der Waals surface area (Å²) < 4.78 is 5.15. The molecule has 0 aliphatic heterocycles. The molecule has 18 heavy (non-hydrogen) atoms. The Labute approximate surface area is 109 Å². The topological polar surface area (TPSA) is 71.9 Å². The maximum atomic E-state index is 9.07. The molecule has 2 aromatic rings. The molecular formula is C13H11N3OS. The van der Waals surface area contributed by atoms with Gasteiger partial charge in [0.25, 0.3) is 0 Å². The Morgan fingerprint density at radius 1 is 1.39 bits per heavy atom. The Morgan fingerprint density at radius 2 is 2.22 bits per heavy atom. The Kier molecular flexibility index (Phi) is 3.70. The Balaban J connectivity index is 2.39. The lowest BCUT2D eigenvalue weighted by Crippen LogP contribution is -1.92. The predicted molar refractivity (Wildman–Crippen MR) is 70.5 cm³/mol. The van der Waals surface area contributed by atoms with Crippen LogP contribution in [-0.2, 0) is 0 Å². The first-order valence-electron chi connectivity index (χ1n) is 5.21. The third-order valence-corrected chi connectivity index (χ3v) is 3.41. The van der Waals surface area contributed by atoms with E-state index in [0.717, 1.165) is 4.90 Å². The fraction of sp³-hybridized carbons (Fsp3) is 0.0769. The molecule has 0 bridgehead atoms. The second kappa shape index (κ2) is 5.43. The molecule has 0 saturated heterocycles. The van der Waals surface area contributed by atoms with Gasteiger partial charge in [-0.05, 0) is 30.3 Å². The van der Waals surface area contributed by atoms with Crippen LogP contribution in [0.2, 0.25) is 0 Å². The van der Waals surface area contributed by atoms with Crippen LogP contribution in [0.4, 0.5) is 5.69 Å². The summed E-state index contributed by atoms with van der Waals surface area (Å²) in [7, 11) is 1.59. The summed E-state index contributed by atoms with van der Waals surface area (Å²) in [5.74, 6) is 0.700. The SMILES string of the molecule is COc1ccc(C#N)c(Sc2ncccc2N)c1. The van der Waals surface area contributed by atoms with Crippen molar-refractivity contribution in [2.45, 2.75) is 9.92 Å². The summed E-state index contributed by atoms with van der Waals surface area (Å²) in [6, 6.07) is 11.0. The first-order valence-corrected chi connectivity index (χ1v) is 6.02. The van der Waals surface area contributed by atoms with Gasteiger partial charge < -0.3 is 10.5 Å². The molecule has 1 aromatic heterocycles. The Hall–Kier alpha value is -2.19. The van der Waals surface area contributed by atoms with Crippen molar-refractivity contribution in [3.8, 4) is 11.8 Å². The number of nitrogens with zero attached hydrogens (tertiary/aromatic N) is 2. The summed E-state index contributed by atoms with van der Waals surface area (Å²) in [6.07, 6.45) is 1.67. The second-order valence-corrected chi connectivity index (χ2v) is 4.50. The largest absolute Gasteiger partial charge is 0.497 e. The van der Waals surface area contributed by atoms with E-state index in [-0.39, 0.29) is 0 Å². The molecule has 0 radical (unpaired) electrons. The number of ether oxygens (including phenoxy) is 1. The Morgan fingerprint density at radius 3 is 2.89 bits per heavy atom. The van der Waals surface area contributed by atoms with Gasteiger partial charge in [-0.3, -0.25) is 0 Å². The molecule has 4 nitrogen and oxygen atoms in total. The van der Waals surface area contributed by atoms with Crippen LogP contribution in [0.15, 0.2) is 46.5 Å². The fourth-order valence-electron chi connectivity index (χ4n) is 1.40. The number of hydrogen-bond donors (Lipinski definition) is 1. The van der Waals surface area contributed by atoms with Crippen molar-refractivity contribution >= 4 is 17.4 Å². The molecule has 2 rings (SSSR count). The monoisotopic (exact) mass is 257 g/mol. The quantitative estimate of drug-likeness (QED) is 0.915. The van der Waals surface area contributed by atoms with Gasteiger partial charge >= 0.3 is 0 Å². The first kappa shape index (κ1) is 12.3. The van der Waals surface area contributed by atoms with Crippen molar-refractivity contribution in [3.05, 3.63) is 42.1 Å². The van der Waals surface area contributed by atoms with Crippen LogP contribution >= 0.6 is 11.8 Å². The van der Waals surface area contributed by atoms with E-state index in [1.54, 1.807) is 43.6 Å². The number of aromatic nitrogens is 1.